The lowest BCUT2D eigenvalue weighted by Crippen LogP contribution is -2.42. The van der Waals surface area contributed by atoms with E-state index in [1.54, 1.807) is 0 Å². The molecular formula is C15H30O2. The maximum Gasteiger partial charge on any atom is 0.303 e. The van der Waals surface area contributed by atoms with Crippen LogP contribution in [0.4, 0.5) is 0 Å². The molecule has 0 aromatic rings. The van der Waals surface area contributed by atoms with Crippen LogP contribution >= 0.6 is 0 Å². The first-order valence-electron chi connectivity index (χ1n) is 6.92. The Morgan fingerprint density at radius 3 is 2.00 bits per heavy atom. The van der Waals surface area contributed by atoms with Gasteiger partial charge in [-0.1, -0.05) is 52.9 Å². The highest BCUT2D eigenvalue weighted by Gasteiger charge is 2.39. The van der Waals surface area contributed by atoms with Gasteiger partial charge in [-0.25, -0.2) is 0 Å². The average molecular weight is 242 g/mol. The van der Waals surface area contributed by atoms with Crippen LogP contribution in [0.1, 0.15) is 80.1 Å². The zero-order valence-corrected chi connectivity index (χ0v) is 12.6. The zero-order valence-electron chi connectivity index (χ0n) is 12.6. The maximum atomic E-state index is 11.1. The van der Waals surface area contributed by atoms with Crippen LogP contribution in [0.15, 0.2) is 0 Å². The second kappa shape index (κ2) is 7.03. The fraction of sp³-hybridized carbons (Fsp3) is 0.933. The van der Waals surface area contributed by atoms with Gasteiger partial charge in [0.25, 0.3) is 0 Å². The van der Waals surface area contributed by atoms with Gasteiger partial charge in [0.2, 0.25) is 0 Å². The molecule has 0 fully saturated rings. The van der Waals surface area contributed by atoms with E-state index in [1.807, 2.05) is 13.8 Å². The molecule has 0 atom stereocenters. The van der Waals surface area contributed by atoms with Gasteiger partial charge in [0.15, 0.2) is 0 Å². The van der Waals surface area contributed by atoms with Crippen LogP contribution in [0.5, 0.6) is 0 Å². The smallest absolute Gasteiger partial charge is 0.303 e. The third kappa shape index (κ3) is 6.09. The first kappa shape index (κ1) is 16.5. The molecule has 0 heterocycles. The van der Waals surface area contributed by atoms with Gasteiger partial charge in [0, 0.05) is 12.3 Å². The third-order valence-electron chi connectivity index (χ3n) is 3.93. The molecule has 0 spiro atoms. The summed E-state index contributed by atoms with van der Waals surface area (Å²) in [7, 11) is 0. The number of carbonyl (C=O) groups is 1. The lowest BCUT2D eigenvalue weighted by molar-refractivity contribution is -0.166. The van der Waals surface area contributed by atoms with Gasteiger partial charge in [-0.2, -0.15) is 0 Å². The molecule has 0 unspecified atom stereocenters. The molecule has 0 aromatic heterocycles. The van der Waals surface area contributed by atoms with Crippen molar-refractivity contribution in [3.8, 4) is 0 Å². The van der Waals surface area contributed by atoms with E-state index in [9.17, 15) is 4.79 Å². The van der Waals surface area contributed by atoms with E-state index < -0.39 is 0 Å². The highest BCUT2D eigenvalue weighted by atomic mass is 16.6. The Labute approximate surface area is 107 Å². The van der Waals surface area contributed by atoms with Gasteiger partial charge in [-0.3, -0.25) is 4.79 Å². The molecule has 0 rings (SSSR count). The summed E-state index contributed by atoms with van der Waals surface area (Å²) in [6.07, 6.45) is 7.54. The number of rotatable bonds is 8. The SMILES string of the molecule is CCCCCCCC(C)(C)C(C)(C)OC(C)=O. The molecule has 0 N–H and O–H groups in total. The third-order valence-corrected chi connectivity index (χ3v) is 3.93. The molecule has 0 saturated carbocycles. The van der Waals surface area contributed by atoms with Gasteiger partial charge in [0.1, 0.15) is 5.60 Å². The summed E-state index contributed by atoms with van der Waals surface area (Å²) in [6, 6.07) is 0. The minimum absolute atomic E-state index is 0.0326. The molecule has 2 heteroatoms. The average Bonchev–Trinajstić information content (AvgIpc) is 2.15. The fourth-order valence-corrected chi connectivity index (χ4v) is 1.97. The summed E-state index contributed by atoms with van der Waals surface area (Å²) in [5.41, 5.74) is -0.353. The van der Waals surface area contributed by atoms with E-state index in [1.165, 1.54) is 39.0 Å². The predicted octanol–water partition coefficient (Wildman–Crippen LogP) is 4.71. The van der Waals surface area contributed by atoms with Crippen molar-refractivity contribution in [2.24, 2.45) is 5.41 Å². The van der Waals surface area contributed by atoms with E-state index in [-0.39, 0.29) is 17.0 Å². The van der Waals surface area contributed by atoms with Crippen LogP contribution in [0, 0.1) is 5.41 Å². The van der Waals surface area contributed by atoms with Crippen molar-refractivity contribution in [3.63, 3.8) is 0 Å². The largest absolute Gasteiger partial charge is 0.459 e. The van der Waals surface area contributed by atoms with Crippen molar-refractivity contribution in [2.75, 3.05) is 0 Å². The highest BCUT2D eigenvalue weighted by molar-refractivity contribution is 5.66. The normalized spacial score (nSPS) is 12.6. The Bertz CT molecular complexity index is 229. The zero-order chi connectivity index (χ0) is 13.5. The summed E-state index contributed by atoms with van der Waals surface area (Å²) in [6.45, 7) is 12.1. The van der Waals surface area contributed by atoms with Gasteiger partial charge >= 0.3 is 5.97 Å². The maximum absolute atomic E-state index is 11.1. The molecule has 2 nitrogen and oxygen atoms in total. The quantitative estimate of drug-likeness (QED) is 0.455. The monoisotopic (exact) mass is 242 g/mol. The number of hydrogen-bond acceptors (Lipinski definition) is 2. The van der Waals surface area contributed by atoms with Crippen LogP contribution in [0.3, 0.4) is 0 Å². The standard InChI is InChI=1S/C15H30O2/c1-7-8-9-10-11-12-14(3,4)15(5,6)17-13(2)16/h7-12H2,1-6H3. The molecule has 0 aliphatic rings. The Hall–Kier alpha value is -0.530. The first-order chi connectivity index (χ1) is 7.73. The molecule has 0 saturated heterocycles. The van der Waals surface area contributed by atoms with Crippen molar-refractivity contribution >= 4 is 5.97 Å². The first-order valence-corrected chi connectivity index (χ1v) is 6.92. The molecule has 0 bridgehead atoms. The molecular weight excluding hydrogens is 212 g/mol. The van der Waals surface area contributed by atoms with Crippen molar-refractivity contribution in [1.82, 2.24) is 0 Å². The topological polar surface area (TPSA) is 26.3 Å². The summed E-state index contributed by atoms with van der Waals surface area (Å²) < 4.78 is 5.44. The molecule has 0 radical (unpaired) electrons. The van der Waals surface area contributed by atoms with E-state index in [4.69, 9.17) is 4.74 Å². The van der Waals surface area contributed by atoms with Gasteiger partial charge in [-0.05, 0) is 20.3 Å². The van der Waals surface area contributed by atoms with Crippen LogP contribution in [-0.4, -0.2) is 11.6 Å². The minimum Gasteiger partial charge on any atom is -0.459 e. The van der Waals surface area contributed by atoms with Crippen molar-refractivity contribution < 1.29 is 9.53 Å². The number of unbranched alkanes of at least 4 members (excludes halogenated alkanes) is 4. The van der Waals surface area contributed by atoms with Crippen LogP contribution in [-0.2, 0) is 9.53 Å². The van der Waals surface area contributed by atoms with Crippen molar-refractivity contribution in [3.05, 3.63) is 0 Å². The summed E-state index contributed by atoms with van der Waals surface area (Å²) in [4.78, 5) is 11.1. The Morgan fingerprint density at radius 1 is 1.00 bits per heavy atom. The molecule has 0 aliphatic carbocycles. The molecule has 17 heavy (non-hydrogen) atoms. The fourth-order valence-electron chi connectivity index (χ4n) is 1.97. The summed E-state index contributed by atoms with van der Waals surface area (Å²) >= 11 is 0. The Morgan fingerprint density at radius 2 is 1.53 bits per heavy atom. The van der Waals surface area contributed by atoms with Gasteiger partial charge in [0.05, 0.1) is 0 Å². The highest BCUT2D eigenvalue weighted by Crippen LogP contribution is 2.38. The number of esters is 1. The molecule has 0 amide bonds. The summed E-state index contributed by atoms with van der Waals surface area (Å²) in [5, 5.41) is 0. The Kier molecular flexibility index (Phi) is 6.81. The summed E-state index contributed by atoms with van der Waals surface area (Å²) in [5.74, 6) is -0.186. The van der Waals surface area contributed by atoms with Crippen molar-refractivity contribution in [2.45, 2.75) is 85.7 Å². The van der Waals surface area contributed by atoms with Gasteiger partial charge in [-0.15, -0.1) is 0 Å². The number of hydrogen-bond donors (Lipinski definition) is 0. The van der Waals surface area contributed by atoms with Crippen molar-refractivity contribution in [1.29, 1.82) is 0 Å². The van der Waals surface area contributed by atoms with Crippen LogP contribution in [0.25, 0.3) is 0 Å². The lowest BCUT2D eigenvalue weighted by Gasteiger charge is -2.40. The number of carbonyl (C=O) groups excluding carboxylic acids is 1. The molecule has 0 aliphatic heterocycles. The molecule has 102 valence electrons. The lowest BCUT2D eigenvalue weighted by atomic mass is 9.73. The molecule has 0 aromatic carbocycles. The predicted molar refractivity (Wildman–Crippen MR) is 73.0 cm³/mol. The van der Waals surface area contributed by atoms with E-state index in [2.05, 4.69) is 20.8 Å². The van der Waals surface area contributed by atoms with Gasteiger partial charge < -0.3 is 4.74 Å². The van der Waals surface area contributed by atoms with Crippen LogP contribution in [0.2, 0.25) is 0 Å². The van der Waals surface area contributed by atoms with E-state index in [0.717, 1.165) is 6.42 Å². The number of ether oxygens (including phenoxy) is 1. The van der Waals surface area contributed by atoms with E-state index in [0.29, 0.717) is 0 Å². The van der Waals surface area contributed by atoms with Crippen LogP contribution < -0.4 is 0 Å². The Balaban J connectivity index is 4.12. The second-order valence-electron chi connectivity index (χ2n) is 6.15. The van der Waals surface area contributed by atoms with E-state index >= 15 is 0 Å². The second-order valence-corrected chi connectivity index (χ2v) is 6.15. The minimum atomic E-state index is -0.385.